The highest BCUT2D eigenvalue weighted by atomic mass is 16.5. The van der Waals surface area contributed by atoms with Crippen LogP contribution in [-0.2, 0) is 0 Å². The fraction of sp³-hybridized carbons (Fsp3) is 0.455. The molecule has 1 saturated carbocycles. The standard InChI is InChI=1S/C22H29NO2/c1-17-4-3-5-22(16-17)25-15-14-23(2)20-10-6-18(7-11-20)19-8-12-21(24)13-9-19/h3-5,8-9,12-13,16,18,20,24H,6-7,10-11,14-15H2,1-2H3/t18-,20-. The number of nitrogens with zero attached hydrogens (tertiary/aromatic N) is 1. The maximum Gasteiger partial charge on any atom is 0.119 e. The highest BCUT2D eigenvalue weighted by Crippen LogP contribution is 2.34. The molecule has 0 bridgehead atoms. The molecule has 0 saturated heterocycles. The molecular formula is C22H29NO2. The van der Waals surface area contributed by atoms with Crippen molar-refractivity contribution in [1.82, 2.24) is 4.90 Å². The molecule has 0 heterocycles. The lowest BCUT2D eigenvalue weighted by atomic mass is 9.81. The summed E-state index contributed by atoms with van der Waals surface area (Å²) in [5.41, 5.74) is 2.60. The molecule has 3 nitrogen and oxygen atoms in total. The van der Waals surface area contributed by atoms with E-state index in [4.69, 9.17) is 4.74 Å². The van der Waals surface area contributed by atoms with E-state index in [1.54, 1.807) is 12.1 Å². The van der Waals surface area contributed by atoms with E-state index < -0.39 is 0 Å². The number of hydrogen-bond donors (Lipinski definition) is 1. The van der Waals surface area contributed by atoms with Gasteiger partial charge in [-0.25, -0.2) is 0 Å². The molecule has 1 N–H and O–H groups in total. The van der Waals surface area contributed by atoms with E-state index in [2.05, 4.69) is 43.1 Å². The van der Waals surface area contributed by atoms with E-state index in [-0.39, 0.29) is 0 Å². The molecule has 0 aliphatic heterocycles. The first-order chi connectivity index (χ1) is 12.1. The van der Waals surface area contributed by atoms with Crippen LogP contribution in [-0.4, -0.2) is 36.2 Å². The number of likely N-dealkylation sites (N-methyl/N-ethyl adjacent to an activating group) is 1. The minimum atomic E-state index is 0.353. The summed E-state index contributed by atoms with van der Waals surface area (Å²) < 4.78 is 5.88. The molecule has 134 valence electrons. The summed E-state index contributed by atoms with van der Waals surface area (Å²) in [4.78, 5) is 2.45. The number of phenols is 1. The number of aryl methyl sites for hydroxylation is 1. The molecule has 0 amide bonds. The molecular weight excluding hydrogens is 310 g/mol. The van der Waals surface area contributed by atoms with Crippen molar-refractivity contribution in [1.29, 1.82) is 0 Å². The first-order valence-corrected chi connectivity index (χ1v) is 9.30. The second kappa shape index (κ2) is 8.39. The zero-order valence-electron chi connectivity index (χ0n) is 15.3. The average Bonchev–Trinajstić information content (AvgIpc) is 2.62. The number of phenolic OH excluding ortho intramolecular Hbond substituents is 1. The Labute approximate surface area is 151 Å². The Morgan fingerprint density at radius 2 is 1.76 bits per heavy atom. The van der Waals surface area contributed by atoms with Crippen LogP contribution in [0.5, 0.6) is 11.5 Å². The molecule has 2 aromatic rings. The van der Waals surface area contributed by atoms with Crippen molar-refractivity contribution >= 4 is 0 Å². The van der Waals surface area contributed by atoms with E-state index in [0.717, 1.165) is 18.9 Å². The normalized spacial score (nSPS) is 20.6. The Bertz CT molecular complexity index is 660. The molecule has 0 radical (unpaired) electrons. The zero-order valence-corrected chi connectivity index (χ0v) is 15.3. The largest absolute Gasteiger partial charge is 0.508 e. The molecule has 0 spiro atoms. The van der Waals surface area contributed by atoms with Crippen LogP contribution in [0, 0.1) is 6.92 Å². The van der Waals surface area contributed by atoms with Crippen molar-refractivity contribution in [3.8, 4) is 11.5 Å². The van der Waals surface area contributed by atoms with E-state index in [1.165, 1.54) is 36.8 Å². The number of rotatable bonds is 6. The molecule has 1 aliphatic rings. The van der Waals surface area contributed by atoms with Gasteiger partial charge in [0, 0.05) is 12.6 Å². The molecule has 0 aromatic heterocycles. The topological polar surface area (TPSA) is 32.7 Å². The van der Waals surface area contributed by atoms with Gasteiger partial charge < -0.3 is 14.7 Å². The van der Waals surface area contributed by atoms with Gasteiger partial charge in [0.1, 0.15) is 18.1 Å². The zero-order chi connectivity index (χ0) is 17.6. The summed E-state index contributed by atoms with van der Waals surface area (Å²) in [6.07, 6.45) is 4.90. The van der Waals surface area contributed by atoms with Crippen molar-refractivity contribution in [2.75, 3.05) is 20.2 Å². The highest BCUT2D eigenvalue weighted by Gasteiger charge is 2.24. The van der Waals surface area contributed by atoms with Crippen molar-refractivity contribution in [3.63, 3.8) is 0 Å². The predicted octanol–water partition coefficient (Wildman–Crippen LogP) is 4.74. The number of hydrogen-bond acceptors (Lipinski definition) is 3. The Kier molecular flexibility index (Phi) is 5.98. The van der Waals surface area contributed by atoms with Gasteiger partial charge in [0.05, 0.1) is 0 Å². The van der Waals surface area contributed by atoms with Gasteiger partial charge in [-0.3, -0.25) is 0 Å². The summed E-state index contributed by atoms with van der Waals surface area (Å²) in [6, 6.07) is 16.6. The molecule has 3 heteroatoms. The Hall–Kier alpha value is -2.00. The van der Waals surface area contributed by atoms with E-state index >= 15 is 0 Å². The van der Waals surface area contributed by atoms with Gasteiger partial charge in [0.15, 0.2) is 0 Å². The lowest BCUT2D eigenvalue weighted by Gasteiger charge is -2.34. The number of benzene rings is 2. The maximum atomic E-state index is 9.43. The Morgan fingerprint density at radius 3 is 2.44 bits per heavy atom. The van der Waals surface area contributed by atoms with Crippen molar-refractivity contribution in [3.05, 3.63) is 59.7 Å². The van der Waals surface area contributed by atoms with Crippen molar-refractivity contribution < 1.29 is 9.84 Å². The third-order valence-corrected chi connectivity index (χ3v) is 5.39. The average molecular weight is 339 g/mol. The first kappa shape index (κ1) is 17.8. The van der Waals surface area contributed by atoms with Gasteiger partial charge in [0.2, 0.25) is 0 Å². The van der Waals surface area contributed by atoms with Crippen molar-refractivity contribution in [2.45, 2.75) is 44.6 Å². The molecule has 1 aliphatic carbocycles. The Morgan fingerprint density at radius 1 is 1.04 bits per heavy atom. The van der Waals surface area contributed by atoms with E-state index in [9.17, 15) is 5.11 Å². The molecule has 2 aromatic carbocycles. The van der Waals surface area contributed by atoms with Crippen LogP contribution in [0.25, 0.3) is 0 Å². The van der Waals surface area contributed by atoms with Gasteiger partial charge in [-0.15, -0.1) is 0 Å². The molecule has 0 unspecified atom stereocenters. The molecule has 1 fully saturated rings. The van der Waals surface area contributed by atoms with Crippen LogP contribution in [0.2, 0.25) is 0 Å². The van der Waals surface area contributed by atoms with Crippen LogP contribution in [0.15, 0.2) is 48.5 Å². The van der Waals surface area contributed by atoms with Crippen LogP contribution in [0.1, 0.15) is 42.7 Å². The summed E-state index contributed by atoms with van der Waals surface area (Å²) >= 11 is 0. The van der Waals surface area contributed by atoms with Crippen LogP contribution in [0.3, 0.4) is 0 Å². The summed E-state index contributed by atoms with van der Waals surface area (Å²) in [5.74, 6) is 1.95. The smallest absolute Gasteiger partial charge is 0.119 e. The number of ether oxygens (including phenoxy) is 1. The monoisotopic (exact) mass is 339 g/mol. The predicted molar refractivity (Wildman–Crippen MR) is 102 cm³/mol. The van der Waals surface area contributed by atoms with Gasteiger partial charge in [-0.05, 0) is 81.0 Å². The third kappa shape index (κ3) is 4.99. The van der Waals surface area contributed by atoms with Crippen LogP contribution < -0.4 is 4.74 Å². The summed E-state index contributed by atoms with van der Waals surface area (Å²) in [5, 5.41) is 9.43. The fourth-order valence-corrected chi connectivity index (χ4v) is 3.79. The van der Waals surface area contributed by atoms with Gasteiger partial charge in [-0.2, -0.15) is 0 Å². The van der Waals surface area contributed by atoms with Gasteiger partial charge in [0.25, 0.3) is 0 Å². The van der Waals surface area contributed by atoms with E-state index in [1.807, 2.05) is 12.1 Å². The number of aromatic hydroxyl groups is 1. The SMILES string of the molecule is Cc1cccc(OCCN(C)[C@H]2CC[C@H](c3ccc(O)cc3)CC2)c1. The van der Waals surface area contributed by atoms with Crippen LogP contribution >= 0.6 is 0 Å². The lowest BCUT2D eigenvalue weighted by Crippen LogP contribution is -2.37. The molecule has 25 heavy (non-hydrogen) atoms. The first-order valence-electron chi connectivity index (χ1n) is 9.30. The van der Waals surface area contributed by atoms with Crippen molar-refractivity contribution in [2.24, 2.45) is 0 Å². The molecule has 0 atom stereocenters. The lowest BCUT2D eigenvalue weighted by molar-refractivity contribution is 0.154. The highest BCUT2D eigenvalue weighted by molar-refractivity contribution is 5.29. The van der Waals surface area contributed by atoms with Gasteiger partial charge in [-0.1, -0.05) is 24.3 Å². The third-order valence-electron chi connectivity index (χ3n) is 5.39. The summed E-state index contributed by atoms with van der Waals surface area (Å²) in [7, 11) is 2.21. The maximum absolute atomic E-state index is 9.43. The van der Waals surface area contributed by atoms with E-state index in [0.29, 0.717) is 17.7 Å². The minimum Gasteiger partial charge on any atom is -0.508 e. The van der Waals surface area contributed by atoms with Crippen LogP contribution in [0.4, 0.5) is 0 Å². The second-order valence-electron chi connectivity index (χ2n) is 7.24. The minimum absolute atomic E-state index is 0.353. The quantitative estimate of drug-likeness (QED) is 0.825. The fourth-order valence-electron chi connectivity index (χ4n) is 3.79. The summed E-state index contributed by atoms with van der Waals surface area (Å²) in [6.45, 7) is 3.78. The second-order valence-corrected chi connectivity index (χ2v) is 7.24. The Balaban J connectivity index is 1.42. The van der Waals surface area contributed by atoms with Gasteiger partial charge >= 0.3 is 0 Å². The molecule has 3 rings (SSSR count).